The minimum Gasteiger partial charge on any atom is -0.456 e. The van der Waals surface area contributed by atoms with Crippen LogP contribution in [0.2, 0.25) is 10.0 Å². The fourth-order valence-electron chi connectivity index (χ4n) is 6.51. The summed E-state index contributed by atoms with van der Waals surface area (Å²) in [4.78, 5) is 0. The summed E-state index contributed by atoms with van der Waals surface area (Å²) in [5.41, 5.74) is 3.00. The van der Waals surface area contributed by atoms with Crippen LogP contribution >= 0.6 is 23.2 Å². The van der Waals surface area contributed by atoms with Gasteiger partial charge in [0.15, 0.2) is 0 Å². The zero-order valence-corrected chi connectivity index (χ0v) is 24.8. The number of ether oxygens (including phenoxy) is 2. The van der Waals surface area contributed by atoms with Gasteiger partial charge in [-0.15, -0.1) is 0 Å². The maximum atomic E-state index is 9.52. The Morgan fingerprint density at radius 1 is 0.683 bits per heavy atom. The maximum absolute atomic E-state index is 9.52. The molecule has 0 aromatic heterocycles. The van der Waals surface area contributed by atoms with Crippen molar-refractivity contribution in [3.8, 4) is 35.1 Å². The van der Waals surface area contributed by atoms with Crippen LogP contribution in [0.15, 0.2) is 84.9 Å². The molecule has 1 aliphatic carbocycles. The van der Waals surface area contributed by atoms with Crippen LogP contribution in [0.4, 0.5) is 0 Å². The molecule has 1 atom stereocenters. The van der Waals surface area contributed by atoms with E-state index in [2.05, 4.69) is 57.2 Å². The fourth-order valence-corrected chi connectivity index (χ4v) is 6.93. The molecule has 1 unspecified atom stereocenters. The SMILES string of the molecule is CC1CC(C)(C)CC(c2ccc(Oc3cccc(Cl)c3C#N)cc2)(c2ccc(Oc3cccc(Cl)c3C#N)cc2)C1. The summed E-state index contributed by atoms with van der Waals surface area (Å²) in [5.74, 6) is 2.68. The largest absolute Gasteiger partial charge is 0.456 e. The van der Waals surface area contributed by atoms with E-state index in [0.29, 0.717) is 50.1 Å². The third-order valence-corrected chi connectivity index (χ3v) is 8.45. The highest BCUT2D eigenvalue weighted by molar-refractivity contribution is 6.32. The first-order valence-electron chi connectivity index (χ1n) is 13.6. The van der Waals surface area contributed by atoms with Crippen molar-refractivity contribution < 1.29 is 9.47 Å². The molecule has 6 heteroatoms. The molecular formula is C35H30Cl2N2O2. The van der Waals surface area contributed by atoms with Crippen LogP contribution < -0.4 is 9.47 Å². The molecule has 5 rings (SSSR count). The van der Waals surface area contributed by atoms with Gasteiger partial charge in [0.25, 0.3) is 0 Å². The Labute approximate surface area is 251 Å². The fraction of sp³-hybridized carbons (Fsp3) is 0.257. The van der Waals surface area contributed by atoms with E-state index in [1.54, 1.807) is 36.4 Å². The van der Waals surface area contributed by atoms with Crippen LogP contribution in [-0.2, 0) is 5.41 Å². The molecule has 1 fully saturated rings. The quantitative estimate of drug-likeness (QED) is 0.227. The summed E-state index contributed by atoms with van der Waals surface area (Å²) >= 11 is 12.4. The molecule has 1 aliphatic rings. The highest BCUT2D eigenvalue weighted by Crippen LogP contribution is 2.54. The molecule has 206 valence electrons. The highest BCUT2D eigenvalue weighted by atomic mass is 35.5. The zero-order chi connectivity index (χ0) is 29.2. The van der Waals surface area contributed by atoms with Crippen molar-refractivity contribution >= 4 is 23.2 Å². The lowest BCUT2D eigenvalue weighted by Crippen LogP contribution is -2.41. The first-order valence-corrected chi connectivity index (χ1v) is 14.3. The molecule has 0 spiro atoms. The van der Waals surface area contributed by atoms with E-state index in [1.807, 2.05) is 24.3 Å². The number of hydrogen-bond donors (Lipinski definition) is 0. The van der Waals surface area contributed by atoms with Crippen LogP contribution in [0.5, 0.6) is 23.0 Å². The van der Waals surface area contributed by atoms with E-state index < -0.39 is 0 Å². The van der Waals surface area contributed by atoms with Gasteiger partial charge in [-0.25, -0.2) is 0 Å². The van der Waals surface area contributed by atoms with E-state index >= 15 is 0 Å². The molecule has 4 aromatic rings. The summed E-state index contributed by atoms with van der Waals surface area (Å²) in [5, 5.41) is 19.8. The first kappa shape index (κ1) is 28.6. The second-order valence-electron chi connectivity index (χ2n) is 11.6. The predicted molar refractivity (Wildman–Crippen MR) is 163 cm³/mol. The second kappa shape index (κ2) is 11.5. The van der Waals surface area contributed by atoms with Crippen molar-refractivity contribution in [1.82, 2.24) is 0 Å². The van der Waals surface area contributed by atoms with Crippen LogP contribution in [0.1, 0.15) is 62.3 Å². The second-order valence-corrected chi connectivity index (χ2v) is 12.5. The van der Waals surface area contributed by atoms with Gasteiger partial charge >= 0.3 is 0 Å². The maximum Gasteiger partial charge on any atom is 0.146 e. The van der Waals surface area contributed by atoms with Gasteiger partial charge in [0.05, 0.1) is 10.0 Å². The van der Waals surface area contributed by atoms with Crippen molar-refractivity contribution in [2.45, 2.75) is 45.4 Å². The first-order chi connectivity index (χ1) is 19.6. The lowest BCUT2D eigenvalue weighted by atomic mass is 9.55. The van der Waals surface area contributed by atoms with Gasteiger partial charge in [-0.2, -0.15) is 10.5 Å². The highest BCUT2D eigenvalue weighted by Gasteiger charge is 2.45. The van der Waals surface area contributed by atoms with E-state index in [-0.39, 0.29) is 10.8 Å². The predicted octanol–water partition coefficient (Wildman–Crippen LogP) is 10.5. The van der Waals surface area contributed by atoms with Crippen LogP contribution in [0.25, 0.3) is 0 Å². The van der Waals surface area contributed by atoms with E-state index in [4.69, 9.17) is 32.7 Å². The molecule has 0 N–H and O–H groups in total. The summed E-state index contributed by atoms with van der Waals surface area (Å²) in [6, 6.07) is 31.0. The third-order valence-electron chi connectivity index (χ3n) is 7.82. The molecule has 0 heterocycles. The molecule has 0 radical (unpaired) electrons. The minimum absolute atomic E-state index is 0.146. The van der Waals surface area contributed by atoms with Gasteiger partial charge in [0.1, 0.15) is 46.3 Å². The van der Waals surface area contributed by atoms with E-state index in [1.165, 1.54) is 11.1 Å². The third kappa shape index (κ3) is 5.91. The van der Waals surface area contributed by atoms with Gasteiger partial charge in [-0.05, 0) is 90.3 Å². The molecule has 0 saturated heterocycles. The van der Waals surface area contributed by atoms with E-state index in [0.717, 1.165) is 19.3 Å². The number of hydrogen-bond acceptors (Lipinski definition) is 4. The van der Waals surface area contributed by atoms with Crippen molar-refractivity contribution in [1.29, 1.82) is 10.5 Å². The molecule has 0 amide bonds. The number of nitrogens with zero attached hydrogens (tertiary/aromatic N) is 2. The molecule has 4 aromatic carbocycles. The topological polar surface area (TPSA) is 66.0 Å². The van der Waals surface area contributed by atoms with Gasteiger partial charge in [0, 0.05) is 5.41 Å². The Bertz CT molecular complexity index is 1540. The summed E-state index contributed by atoms with van der Waals surface area (Å²) in [6.07, 6.45) is 3.16. The molecular weight excluding hydrogens is 551 g/mol. The van der Waals surface area contributed by atoms with Gasteiger partial charge < -0.3 is 9.47 Å². The monoisotopic (exact) mass is 580 g/mol. The molecule has 4 nitrogen and oxygen atoms in total. The summed E-state index contributed by atoms with van der Waals surface area (Å²) in [6.45, 7) is 7.02. The van der Waals surface area contributed by atoms with Gasteiger partial charge in [-0.1, -0.05) is 80.4 Å². The summed E-state index contributed by atoms with van der Waals surface area (Å²) < 4.78 is 12.1. The summed E-state index contributed by atoms with van der Waals surface area (Å²) in [7, 11) is 0. The van der Waals surface area contributed by atoms with E-state index in [9.17, 15) is 10.5 Å². The lowest BCUT2D eigenvalue weighted by Gasteiger charge is -2.48. The molecule has 41 heavy (non-hydrogen) atoms. The Balaban J connectivity index is 1.49. The van der Waals surface area contributed by atoms with Crippen molar-refractivity contribution in [2.24, 2.45) is 11.3 Å². The van der Waals surface area contributed by atoms with Crippen LogP contribution in [0, 0.1) is 34.0 Å². The average molecular weight is 582 g/mol. The smallest absolute Gasteiger partial charge is 0.146 e. The standard InChI is InChI=1S/C35H30Cl2N2O2/c1-23-18-34(2,3)22-35(19-23,24-10-14-26(15-11-24)40-32-8-4-6-30(36)28(32)20-38)25-12-16-27(17-13-25)41-33-9-5-7-31(37)29(33)21-39/h4-17,23H,18-19,22H2,1-3H3. The Morgan fingerprint density at radius 2 is 1.12 bits per heavy atom. The zero-order valence-electron chi connectivity index (χ0n) is 23.2. The van der Waals surface area contributed by atoms with Crippen molar-refractivity contribution in [2.75, 3.05) is 0 Å². The Morgan fingerprint density at radius 3 is 1.51 bits per heavy atom. The lowest BCUT2D eigenvalue weighted by molar-refractivity contribution is 0.127. The average Bonchev–Trinajstić information content (AvgIpc) is 2.93. The minimum atomic E-state index is -0.208. The van der Waals surface area contributed by atoms with Crippen molar-refractivity contribution in [3.05, 3.63) is 117 Å². The molecule has 0 aliphatic heterocycles. The molecule has 1 saturated carbocycles. The molecule has 0 bridgehead atoms. The van der Waals surface area contributed by atoms with Gasteiger partial charge in [0.2, 0.25) is 0 Å². The number of nitriles is 2. The number of halogens is 2. The Hall–Kier alpha value is -3.96. The van der Waals surface area contributed by atoms with Gasteiger partial charge in [-0.3, -0.25) is 0 Å². The van der Waals surface area contributed by atoms with Crippen LogP contribution in [-0.4, -0.2) is 0 Å². The Kier molecular flexibility index (Phi) is 8.01. The van der Waals surface area contributed by atoms with Crippen LogP contribution in [0.3, 0.4) is 0 Å². The number of benzene rings is 4. The number of rotatable bonds is 6. The normalized spacial score (nSPS) is 17.2. The van der Waals surface area contributed by atoms with Crippen molar-refractivity contribution in [3.63, 3.8) is 0 Å².